The Morgan fingerprint density at radius 2 is 1.79 bits per heavy atom. The van der Waals surface area contributed by atoms with Crippen molar-refractivity contribution in [1.29, 1.82) is 0 Å². The highest BCUT2D eigenvalue weighted by Gasteiger charge is 2.12. The Balaban J connectivity index is 2.20. The number of hydrogen-bond donors (Lipinski definition) is 2. The Labute approximate surface area is 168 Å². The lowest BCUT2D eigenvalue weighted by Gasteiger charge is -2.12. The summed E-state index contributed by atoms with van der Waals surface area (Å²) in [5, 5.41) is 10.2. The summed E-state index contributed by atoms with van der Waals surface area (Å²) in [7, 11) is 0. The number of aliphatic hydroxyl groups excluding tert-OH is 1. The summed E-state index contributed by atoms with van der Waals surface area (Å²) in [6.07, 6.45) is 13.8. The fourth-order valence-corrected chi connectivity index (χ4v) is 3.43. The molecule has 0 aliphatic heterocycles. The number of pyridine rings is 1. The second kappa shape index (κ2) is 12.4. The first kappa shape index (κ1) is 22.2. The Bertz CT molecular complexity index is 807. The fourth-order valence-electron chi connectivity index (χ4n) is 3.43. The molecule has 0 aliphatic rings. The average molecular weight is 386 g/mol. The van der Waals surface area contributed by atoms with Gasteiger partial charge in [-0.25, -0.2) is 0 Å². The Morgan fingerprint density at radius 1 is 1.04 bits per heavy atom. The van der Waals surface area contributed by atoms with E-state index in [9.17, 15) is 9.90 Å². The number of aromatic nitrogens is 1. The molecule has 0 radical (unpaired) electrons. The van der Waals surface area contributed by atoms with Gasteiger partial charge in [-0.1, -0.05) is 76.7 Å². The van der Waals surface area contributed by atoms with Gasteiger partial charge in [0.15, 0.2) is 5.75 Å². The van der Waals surface area contributed by atoms with E-state index in [-0.39, 0.29) is 12.2 Å². The number of aromatic amines is 1. The third kappa shape index (κ3) is 6.52. The van der Waals surface area contributed by atoms with Gasteiger partial charge in [0, 0.05) is 16.5 Å². The number of benzene rings is 1. The fraction of sp³-hybridized carbons (Fsp3) is 0.542. The highest BCUT2D eigenvalue weighted by atomic mass is 16.5. The molecule has 0 saturated heterocycles. The maximum atomic E-state index is 12.7. The number of unbranched alkanes of at least 4 members (excludes halogenated alkanes) is 6. The molecule has 0 bridgehead atoms. The molecule has 0 fully saturated rings. The van der Waals surface area contributed by atoms with Crippen molar-refractivity contribution in [2.75, 3.05) is 13.2 Å². The summed E-state index contributed by atoms with van der Waals surface area (Å²) in [6.45, 7) is 4.85. The van der Waals surface area contributed by atoms with Crippen molar-refractivity contribution >= 4 is 17.0 Å². The zero-order valence-corrected chi connectivity index (χ0v) is 17.4. The van der Waals surface area contributed by atoms with Gasteiger partial charge in [-0.2, -0.15) is 0 Å². The van der Waals surface area contributed by atoms with Gasteiger partial charge >= 0.3 is 0 Å². The van der Waals surface area contributed by atoms with Crippen molar-refractivity contribution in [2.24, 2.45) is 0 Å². The molecule has 0 saturated carbocycles. The summed E-state index contributed by atoms with van der Waals surface area (Å²) in [5.41, 5.74) is 2.59. The standard InChI is InChI=1S/C24H35NO3/c1-3-5-7-8-9-10-17-28-23-21(13-11-16-26)20-15-14-19(12-6-4-2)18-22(20)25-24(23)27/h11,13-15,18,26H,3-10,12,16-17H2,1-2H3,(H,25,27). The van der Waals surface area contributed by atoms with Crippen LogP contribution in [0.15, 0.2) is 29.1 Å². The predicted octanol–water partition coefficient (Wildman–Crippen LogP) is 5.62. The molecule has 0 atom stereocenters. The second-order valence-corrected chi connectivity index (χ2v) is 7.38. The number of aryl methyl sites for hydroxylation is 1. The number of H-pyrrole nitrogens is 1. The van der Waals surface area contributed by atoms with E-state index in [4.69, 9.17) is 4.74 Å². The highest BCUT2D eigenvalue weighted by molar-refractivity contribution is 5.90. The van der Waals surface area contributed by atoms with Crippen LogP contribution in [0.5, 0.6) is 5.75 Å². The van der Waals surface area contributed by atoms with E-state index in [0.717, 1.165) is 48.6 Å². The van der Waals surface area contributed by atoms with Gasteiger partial charge in [0.1, 0.15) is 0 Å². The van der Waals surface area contributed by atoms with E-state index >= 15 is 0 Å². The zero-order valence-electron chi connectivity index (χ0n) is 17.4. The number of aliphatic hydroxyl groups is 1. The van der Waals surface area contributed by atoms with E-state index in [0.29, 0.717) is 12.4 Å². The molecule has 2 rings (SSSR count). The van der Waals surface area contributed by atoms with Gasteiger partial charge in [-0.05, 0) is 30.9 Å². The molecule has 1 aromatic carbocycles. The van der Waals surface area contributed by atoms with Crippen molar-refractivity contribution in [3.63, 3.8) is 0 Å². The van der Waals surface area contributed by atoms with Crippen molar-refractivity contribution in [1.82, 2.24) is 4.98 Å². The number of ether oxygens (including phenoxy) is 1. The average Bonchev–Trinajstić information content (AvgIpc) is 2.70. The molecule has 4 nitrogen and oxygen atoms in total. The Hall–Kier alpha value is -2.07. The molecule has 28 heavy (non-hydrogen) atoms. The van der Waals surface area contributed by atoms with E-state index in [2.05, 4.69) is 31.0 Å². The van der Waals surface area contributed by atoms with Crippen LogP contribution in [0.4, 0.5) is 0 Å². The maximum absolute atomic E-state index is 12.7. The molecule has 1 heterocycles. The first-order chi connectivity index (χ1) is 13.7. The monoisotopic (exact) mass is 385 g/mol. The molecular weight excluding hydrogens is 350 g/mol. The molecule has 0 aliphatic carbocycles. The maximum Gasteiger partial charge on any atom is 0.291 e. The topological polar surface area (TPSA) is 62.3 Å². The second-order valence-electron chi connectivity index (χ2n) is 7.38. The molecular formula is C24H35NO3. The summed E-state index contributed by atoms with van der Waals surface area (Å²) < 4.78 is 5.90. The lowest BCUT2D eigenvalue weighted by atomic mass is 10.0. The van der Waals surface area contributed by atoms with Gasteiger partial charge in [-0.3, -0.25) is 4.79 Å². The minimum Gasteiger partial charge on any atom is -0.487 e. The van der Waals surface area contributed by atoms with Crippen LogP contribution in [0.2, 0.25) is 0 Å². The summed E-state index contributed by atoms with van der Waals surface area (Å²) in [6, 6.07) is 6.22. The molecule has 4 heteroatoms. The first-order valence-corrected chi connectivity index (χ1v) is 10.8. The number of rotatable bonds is 13. The van der Waals surface area contributed by atoms with Crippen molar-refractivity contribution in [3.05, 3.63) is 45.8 Å². The third-order valence-corrected chi connectivity index (χ3v) is 5.03. The zero-order chi connectivity index (χ0) is 20.2. The predicted molar refractivity (Wildman–Crippen MR) is 118 cm³/mol. The normalized spacial score (nSPS) is 11.5. The van der Waals surface area contributed by atoms with Crippen LogP contribution >= 0.6 is 0 Å². The van der Waals surface area contributed by atoms with Gasteiger partial charge in [-0.15, -0.1) is 0 Å². The minimum atomic E-state index is -0.205. The van der Waals surface area contributed by atoms with Gasteiger partial charge in [0.05, 0.1) is 13.2 Å². The Kier molecular flexibility index (Phi) is 9.84. The van der Waals surface area contributed by atoms with Crippen molar-refractivity contribution < 1.29 is 9.84 Å². The van der Waals surface area contributed by atoms with Crippen LogP contribution in [0.1, 0.15) is 76.3 Å². The van der Waals surface area contributed by atoms with Crippen LogP contribution in [0, 0.1) is 0 Å². The van der Waals surface area contributed by atoms with E-state index in [1.807, 2.05) is 6.07 Å². The van der Waals surface area contributed by atoms with Gasteiger partial charge in [0.25, 0.3) is 5.56 Å². The van der Waals surface area contributed by atoms with E-state index < -0.39 is 0 Å². The molecule has 0 spiro atoms. The molecule has 0 amide bonds. The number of hydrogen-bond acceptors (Lipinski definition) is 3. The van der Waals surface area contributed by atoms with E-state index in [1.165, 1.54) is 31.2 Å². The largest absolute Gasteiger partial charge is 0.487 e. The summed E-state index contributed by atoms with van der Waals surface area (Å²) >= 11 is 0. The molecule has 2 N–H and O–H groups in total. The molecule has 1 aromatic heterocycles. The smallest absolute Gasteiger partial charge is 0.291 e. The quantitative estimate of drug-likeness (QED) is 0.440. The first-order valence-electron chi connectivity index (χ1n) is 10.8. The minimum absolute atomic E-state index is 0.0697. The van der Waals surface area contributed by atoms with Crippen LogP contribution in [0.3, 0.4) is 0 Å². The van der Waals surface area contributed by atoms with E-state index in [1.54, 1.807) is 12.2 Å². The molecule has 154 valence electrons. The van der Waals surface area contributed by atoms with Gasteiger partial charge in [0.2, 0.25) is 0 Å². The highest BCUT2D eigenvalue weighted by Crippen LogP contribution is 2.26. The van der Waals surface area contributed by atoms with Gasteiger partial charge < -0.3 is 14.8 Å². The molecule has 0 unspecified atom stereocenters. The summed E-state index contributed by atoms with van der Waals surface area (Å²) in [5.74, 6) is 0.354. The van der Waals surface area contributed by atoms with Crippen LogP contribution < -0.4 is 10.3 Å². The third-order valence-electron chi connectivity index (χ3n) is 5.03. The number of fused-ring (bicyclic) bond motifs is 1. The van der Waals surface area contributed by atoms with Crippen molar-refractivity contribution in [2.45, 2.75) is 71.6 Å². The van der Waals surface area contributed by atoms with Crippen LogP contribution in [-0.2, 0) is 6.42 Å². The SMILES string of the molecule is CCCCCCCCOc1c(C=CCO)c2ccc(CCCC)cc2[nH]c1=O. The van der Waals surface area contributed by atoms with Crippen LogP contribution in [-0.4, -0.2) is 23.3 Å². The Morgan fingerprint density at radius 3 is 2.54 bits per heavy atom. The van der Waals surface area contributed by atoms with Crippen LogP contribution in [0.25, 0.3) is 17.0 Å². The lowest BCUT2D eigenvalue weighted by molar-refractivity contribution is 0.300. The molecule has 2 aromatic rings. The lowest BCUT2D eigenvalue weighted by Crippen LogP contribution is -2.14. The summed E-state index contributed by atoms with van der Waals surface area (Å²) in [4.78, 5) is 15.7. The number of nitrogens with one attached hydrogen (secondary N) is 1. The van der Waals surface area contributed by atoms with Crippen molar-refractivity contribution in [3.8, 4) is 5.75 Å².